The Morgan fingerprint density at radius 3 is 2.53 bits per heavy atom. The van der Waals surface area contributed by atoms with E-state index in [9.17, 15) is 31.9 Å². The standard InChI is InChI=1S/C22H18ClF4N6O4S/c1-21(2)16(34)32(18-29-19(31-30-18)38-11-13-14(23)4-3-5-15(13)24)20(36)33(21,37-17(35)22(25,26)27)10-12-6-8-28-9-7-12/h3-9H,10-11H2,1-2H3,(H,29,30,31)/q+1. The summed E-state index contributed by atoms with van der Waals surface area (Å²) in [6.45, 7) is 1.73. The number of hydrogen-bond acceptors (Lipinski definition) is 8. The molecule has 4 rings (SSSR count). The SMILES string of the molecule is CC1(C)C(=O)N(c2nc(SCc3c(F)cccc3Cl)n[nH]2)C(=O)[N+]1(Cc1ccncc1)OC(=O)C(F)(F)F. The van der Waals surface area contributed by atoms with Crippen LogP contribution in [0.4, 0.5) is 28.3 Å². The summed E-state index contributed by atoms with van der Waals surface area (Å²) in [6.07, 6.45) is -2.79. The quantitative estimate of drug-likeness (QED) is 0.189. The maximum Gasteiger partial charge on any atom is 0.497 e. The number of anilines is 1. The Bertz CT molecular complexity index is 1380. The maximum absolute atomic E-state index is 14.1. The summed E-state index contributed by atoms with van der Waals surface area (Å²) in [6, 6.07) is 5.64. The van der Waals surface area contributed by atoms with E-state index in [1.807, 2.05) is 0 Å². The molecule has 0 saturated carbocycles. The number of quaternary nitrogens is 1. The lowest BCUT2D eigenvalue weighted by Crippen LogP contribution is -2.62. The number of carbonyl (C=O) groups excluding carboxylic acids is 3. The lowest BCUT2D eigenvalue weighted by Gasteiger charge is -2.35. The molecule has 38 heavy (non-hydrogen) atoms. The molecule has 10 nitrogen and oxygen atoms in total. The van der Waals surface area contributed by atoms with Crippen LogP contribution in [0.25, 0.3) is 0 Å². The minimum Gasteiger partial charge on any atom is -0.266 e. The van der Waals surface area contributed by atoms with Crippen LogP contribution in [0, 0.1) is 5.82 Å². The zero-order valence-electron chi connectivity index (χ0n) is 19.6. The molecular formula is C22H18ClF4N6O4S+. The van der Waals surface area contributed by atoms with Crippen LogP contribution in [-0.4, -0.2) is 54.4 Å². The summed E-state index contributed by atoms with van der Waals surface area (Å²) in [4.78, 5) is 52.1. The number of thioether (sulfide) groups is 1. The van der Waals surface area contributed by atoms with E-state index in [-0.39, 0.29) is 27.1 Å². The smallest absolute Gasteiger partial charge is 0.266 e. The zero-order valence-corrected chi connectivity index (χ0v) is 21.2. The first kappa shape index (κ1) is 27.5. The van der Waals surface area contributed by atoms with E-state index in [4.69, 9.17) is 16.4 Å². The highest BCUT2D eigenvalue weighted by molar-refractivity contribution is 7.98. The third-order valence-corrected chi connectivity index (χ3v) is 7.05. The van der Waals surface area contributed by atoms with E-state index < -0.39 is 52.6 Å². The van der Waals surface area contributed by atoms with Crippen LogP contribution < -0.4 is 4.90 Å². The molecule has 0 radical (unpaired) electrons. The van der Waals surface area contributed by atoms with Crippen molar-refractivity contribution >= 4 is 47.2 Å². The van der Waals surface area contributed by atoms with E-state index >= 15 is 0 Å². The van der Waals surface area contributed by atoms with E-state index in [0.717, 1.165) is 11.8 Å². The number of carbonyl (C=O) groups is 3. The molecule has 3 aromatic rings. The first-order valence-corrected chi connectivity index (χ1v) is 12.1. The number of rotatable bonds is 7. The molecule has 1 fully saturated rings. The zero-order chi connectivity index (χ0) is 27.9. The predicted molar refractivity (Wildman–Crippen MR) is 125 cm³/mol. The van der Waals surface area contributed by atoms with Gasteiger partial charge in [0.05, 0.1) is 0 Å². The van der Waals surface area contributed by atoms with Crippen LogP contribution in [0.15, 0.2) is 47.9 Å². The molecule has 0 spiro atoms. The highest BCUT2D eigenvalue weighted by Crippen LogP contribution is 2.42. The fraction of sp³-hybridized carbons (Fsp3) is 0.273. The number of pyridine rings is 1. The Morgan fingerprint density at radius 1 is 1.21 bits per heavy atom. The van der Waals surface area contributed by atoms with Gasteiger partial charge in [0.15, 0.2) is 6.54 Å². The fourth-order valence-electron chi connectivity index (χ4n) is 3.70. The Labute approximate surface area is 221 Å². The Balaban J connectivity index is 1.68. The number of amides is 3. The third kappa shape index (κ3) is 4.83. The van der Waals surface area contributed by atoms with E-state index in [0.29, 0.717) is 4.90 Å². The number of aromatic nitrogens is 4. The number of hydroxylamine groups is 3. The molecule has 16 heteroatoms. The Hall–Kier alpha value is -3.56. The number of nitrogens with zero attached hydrogens (tertiary/aromatic N) is 5. The fourth-order valence-corrected chi connectivity index (χ4v) is 4.84. The minimum atomic E-state index is -5.44. The molecule has 1 aromatic carbocycles. The van der Waals surface area contributed by atoms with Gasteiger partial charge in [-0.3, -0.25) is 14.6 Å². The largest absolute Gasteiger partial charge is 0.497 e. The van der Waals surface area contributed by atoms with Gasteiger partial charge in [0, 0.05) is 48.1 Å². The van der Waals surface area contributed by atoms with E-state index in [1.165, 1.54) is 56.6 Å². The number of imide groups is 1. The highest BCUT2D eigenvalue weighted by Gasteiger charge is 2.72. The molecule has 3 heterocycles. The second-order valence-corrected chi connectivity index (χ2v) is 9.89. The number of urea groups is 1. The molecule has 1 saturated heterocycles. The Kier molecular flexibility index (Phi) is 7.20. The normalized spacial score (nSPS) is 19.2. The predicted octanol–water partition coefficient (Wildman–Crippen LogP) is 4.57. The number of halogens is 5. The monoisotopic (exact) mass is 573 g/mol. The van der Waals surface area contributed by atoms with Crippen molar-refractivity contribution in [1.29, 1.82) is 0 Å². The molecule has 1 aliphatic heterocycles. The summed E-state index contributed by atoms with van der Waals surface area (Å²) in [5.74, 6) is -4.64. The number of hydrogen-bond donors (Lipinski definition) is 1. The molecule has 1 N–H and O–H groups in total. The van der Waals surface area contributed by atoms with Crippen molar-refractivity contribution in [1.82, 2.24) is 20.2 Å². The molecule has 1 aliphatic rings. The summed E-state index contributed by atoms with van der Waals surface area (Å²) < 4.78 is 52.1. The van der Waals surface area contributed by atoms with Crippen LogP contribution in [-0.2, 0) is 26.7 Å². The number of aromatic amines is 1. The van der Waals surface area contributed by atoms with Crippen molar-refractivity contribution in [2.24, 2.45) is 0 Å². The maximum atomic E-state index is 14.1. The van der Waals surface area contributed by atoms with Gasteiger partial charge in [0.1, 0.15) is 5.82 Å². The lowest BCUT2D eigenvalue weighted by molar-refractivity contribution is -1.06. The van der Waals surface area contributed by atoms with Crippen LogP contribution in [0.3, 0.4) is 0 Å². The topological polar surface area (TPSA) is 118 Å². The van der Waals surface area contributed by atoms with Gasteiger partial charge in [-0.1, -0.05) is 29.4 Å². The molecule has 0 aliphatic carbocycles. The molecule has 2 aromatic heterocycles. The third-order valence-electron chi connectivity index (χ3n) is 5.83. The van der Waals surface area contributed by atoms with Crippen LogP contribution in [0.5, 0.6) is 0 Å². The first-order chi connectivity index (χ1) is 17.8. The van der Waals surface area contributed by atoms with Crippen LogP contribution >= 0.6 is 23.4 Å². The number of nitrogens with one attached hydrogen (secondary N) is 1. The van der Waals surface area contributed by atoms with Gasteiger partial charge in [0.2, 0.25) is 16.6 Å². The molecular weight excluding hydrogens is 556 g/mol. The lowest BCUT2D eigenvalue weighted by atomic mass is 10.0. The van der Waals surface area contributed by atoms with Gasteiger partial charge in [-0.15, -0.1) is 5.10 Å². The van der Waals surface area contributed by atoms with E-state index in [2.05, 4.69) is 20.2 Å². The van der Waals surface area contributed by atoms with Crippen molar-refractivity contribution in [3.05, 3.63) is 64.7 Å². The van der Waals surface area contributed by atoms with Crippen molar-refractivity contribution in [2.45, 2.75) is 43.0 Å². The summed E-state index contributed by atoms with van der Waals surface area (Å²) in [5.41, 5.74) is -1.57. The second kappa shape index (κ2) is 9.96. The van der Waals surface area contributed by atoms with Gasteiger partial charge in [0.25, 0.3) is 0 Å². The van der Waals surface area contributed by atoms with Gasteiger partial charge < -0.3 is 0 Å². The summed E-state index contributed by atoms with van der Waals surface area (Å²) in [7, 11) is 0. The molecule has 1 unspecified atom stereocenters. The van der Waals surface area contributed by atoms with Crippen LogP contribution in [0.2, 0.25) is 5.02 Å². The van der Waals surface area contributed by atoms with Crippen molar-refractivity contribution < 1.29 is 41.4 Å². The summed E-state index contributed by atoms with van der Waals surface area (Å²) in [5, 5.41) is 6.45. The number of H-pyrrole nitrogens is 1. The molecule has 1 atom stereocenters. The van der Waals surface area contributed by atoms with Crippen LogP contribution in [0.1, 0.15) is 25.0 Å². The average molecular weight is 574 g/mol. The number of alkyl halides is 3. The van der Waals surface area contributed by atoms with Crippen molar-refractivity contribution in [3.63, 3.8) is 0 Å². The van der Waals surface area contributed by atoms with E-state index in [1.54, 1.807) is 0 Å². The Morgan fingerprint density at radius 2 is 1.89 bits per heavy atom. The van der Waals surface area contributed by atoms with Gasteiger partial charge in [-0.05, 0) is 28.9 Å². The molecule has 200 valence electrons. The van der Waals surface area contributed by atoms with Gasteiger partial charge in [-0.25, -0.2) is 19.1 Å². The minimum absolute atomic E-state index is 0.00141. The highest BCUT2D eigenvalue weighted by atomic mass is 35.5. The summed E-state index contributed by atoms with van der Waals surface area (Å²) >= 11 is 6.95. The average Bonchev–Trinajstić information content (AvgIpc) is 3.35. The first-order valence-electron chi connectivity index (χ1n) is 10.7. The van der Waals surface area contributed by atoms with Gasteiger partial charge in [-0.2, -0.15) is 23.1 Å². The van der Waals surface area contributed by atoms with Crippen molar-refractivity contribution in [3.8, 4) is 0 Å². The molecule has 0 bridgehead atoms. The number of benzene rings is 1. The second-order valence-electron chi connectivity index (χ2n) is 8.54. The van der Waals surface area contributed by atoms with Crippen molar-refractivity contribution in [2.75, 3.05) is 4.90 Å². The molecule has 3 amide bonds. The van der Waals surface area contributed by atoms with Gasteiger partial charge >= 0.3 is 24.1 Å².